The van der Waals surface area contributed by atoms with E-state index in [1.54, 1.807) is 18.5 Å². The van der Waals surface area contributed by atoms with Crippen LogP contribution in [-0.2, 0) is 23.2 Å². The molecule has 0 fully saturated rings. The van der Waals surface area contributed by atoms with Crippen molar-refractivity contribution in [3.63, 3.8) is 0 Å². The van der Waals surface area contributed by atoms with Crippen molar-refractivity contribution >= 4 is 21.6 Å². The van der Waals surface area contributed by atoms with E-state index in [1.165, 1.54) is 0 Å². The first-order valence-electron chi connectivity index (χ1n) is 7.89. The molecule has 0 aliphatic carbocycles. The van der Waals surface area contributed by atoms with Crippen LogP contribution >= 0.6 is 11.6 Å². The predicted octanol–water partition coefficient (Wildman–Crippen LogP) is 2.34. The van der Waals surface area contributed by atoms with Crippen LogP contribution in [0.3, 0.4) is 0 Å². The third-order valence-corrected chi connectivity index (χ3v) is 4.31. The Morgan fingerprint density at radius 3 is 2.80 bits per heavy atom. The fraction of sp³-hybridized carbons (Fsp3) is 0.353. The summed E-state index contributed by atoms with van der Waals surface area (Å²) >= 11 is 6.08. The molecule has 1 aromatic heterocycles. The number of hydrogen-bond donors (Lipinski definition) is 2. The molecule has 0 aliphatic rings. The molecular weight excluding hydrogens is 362 g/mol. The Hall–Kier alpha value is -1.67. The Morgan fingerprint density at radius 2 is 2.08 bits per heavy atom. The molecule has 0 atom stereocenters. The van der Waals surface area contributed by atoms with Crippen LogP contribution in [0, 0.1) is 0 Å². The molecule has 0 spiro atoms. The van der Waals surface area contributed by atoms with E-state index in [-0.39, 0.29) is 0 Å². The van der Waals surface area contributed by atoms with Crippen LogP contribution in [0.15, 0.2) is 42.7 Å². The van der Waals surface area contributed by atoms with E-state index in [2.05, 4.69) is 15.0 Å². The zero-order valence-corrected chi connectivity index (χ0v) is 15.6. The second-order valence-corrected chi connectivity index (χ2v) is 7.87. The van der Waals surface area contributed by atoms with Gasteiger partial charge in [0.25, 0.3) is 0 Å². The van der Waals surface area contributed by atoms with Crippen molar-refractivity contribution < 1.29 is 13.2 Å². The van der Waals surface area contributed by atoms with Crippen molar-refractivity contribution in [2.75, 3.05) is 19.3 Å². The third-order valence-electron chi connectivity index (χ3n) is 3.35. The van der Waals surface area contributed by atoms with Gasteiger partial charge in [-0.25, -0.2) is 13.1 Å². The second kappa shape index (κ2) is 9.72. The highest BCUT2D eigenvalue weighted by molar-refractivity contribution is 7.88. The second-order valence-electron chi connectivity index (χ2n) is 5.60. The maximum Gasteiger partial charge on any atom is 0.208 e. The molecule has 25 heavy (non-hydrogen) atoms. The maximum absolute atomic E-state index is 11.0. The van der Waals surface area contributed by atoms with Gasteiger partial charge in [0.1, 0.15) is 12.4 Å². The average molecular weight is 384 g/mol. The molecule has 6 nitrogen and oxygen atoms in total. The molecule has 1 heterocycles. The molecule has 0 radical (unpaired) electrons. The van der Waals surface area contributed by atoms with E-state index in [4.69, 9.17) is 16.3 Å². The van der Waals surface area contributed by atoms with E-state index in [1.807, 2.05) is 24.3 Å². The number of sulfonamides is 1. The minimum atomic E-state index is -3.13. The van der Waals surface area contributed by atoms with Gasteiger partial charge in [0.2, 0.25) is 10.0 Å². The van der Waals surface area contributed by atoms with Gasteiger partial charge in [-0.1, -0.05) is 17.7 Å². The van der Waals surface area contributed by atoms with Crippen LogP contribution in [-0.4, -0.2) is 32.7 Å². The molecule has 2 rings (SSSR count). The van der Waals surface area contributed by atoms with Gasteiger partial charge in [-0.05, 0) is 37.2 Å². The first-order chi connectivity index (χ1) is 11.9. The number of aromatic nitrogens is 1. The number of halogens is 1. The predicted molar refractivity (Wildman–Crippen MR) is 99.2 cm³/mol. The molecule has 0 unspecified atom stereocenters. The third kappa shape index (κ3) is 7.83. The lowest BCUT2D eigenvalue weighted by Gasteiger charge is -2.13. The molecule has 2 aromatic rings. The van der Waals surface area contributed by atoms with Crippen molar-refractivity contribution in [1.82, 2.24) is 15.0 Å². The molecule has 1 aromatic carbocycles. The minimum Gasteiger partial charge on any atom is -0.489 e. The van der Waals surface area contributed by atoms with Crippen LogP contribution in [0.5, 0.6) is 5.75 Å². The normalized spacial score (nSPS) is 11.4. The fourth-order valence-electron chi connectivity index (χ4n) is 2.17. The number of rotatable bonds is 10. The molecule has 0 saturated heterocycles. The zero-order chi connectivity index (χ0) is 18.1. The summed E-state index contributed by atoms with van der Waals surface area (Å²) in [5, 5.41) is 3.91. The summed E-state index contributed by atoms with van der Waals surface area (Å²) in [4.78, 5) is 4.07. The molecule has 0 bridgehead atoms. The van der Waals surface area contributed by atoms with E-state index in [9.17, 15) is 8.42 Å². The summed E-state index contributed by atoms with van der Waals surface area (Å²) in [5.41, 5.74) is 1.94. The van der Waals surface area contributed by atoms with Gasteiger partial charge in [-0.3, -0.25) is 4.98 Å². The van der Waals surface area contributed by atoms with Crippen LogP contribution in [0.2, 0.25) is 5.02 Å². The van der Waals surface area contributed by atoms with Gasteiger partial charge in [0.05, 0.1) is 6.26 Å². The van der Waals surface area contributed by atoms with E-state index in [0.29, 0.717) is 37.7 Å². The van der Waals surface area contributed by atoms with E-state index in [0.717, 1.165) is 23.1 Å². The topological polar surface area (TPSA) is 80.3 Å². The van der Waals surface area contributed by atoms with Crippen LogP contribution in [0.1, 0.15) is 17.5 Å². The first kappa shape index (κ1) is 19.7. The highest BCUT2D eigenvalue weighted by Gasteiger charge is 2.06. The summed E-state index contributed by atoms with van der Waals surface area (Å²) in [7, 11) is -3.13. The van der Waals surface area contributed by atoms with Crippen molar-refractivity contribution in [3.8, 4) is 5.75 Å². The minimum absolute atomic E-state index is 0.408. The molecule has 2 N–H and O–H groups in total. The number of nitrogens with zero attached hydrogens (tertiary/aromatic N) is 1. The van der Waals surface area contributed by atoms with Gasteiger partial charge < -0.3 is 10.1 Å². The first-order valence-corrected chi connectivity index (χ1v) is 10.2. The lowest BCUT2D eigenvalue weighted by Crippen LogP contribution is -2.26. The van der Waals surface area contributed by atoms with Gasteiger partial charge in [-0.15, -0.1) is 0 Å². The van der Waals surface area contributed by atoms with Gasteiger partial charge in [0.15, 0.2) is 0 Å². The molecule has 0 aliphatic heterocycles. The molecule has 136 valence electrons. The fourth-order valence-corrected chi connectivity index (χ4v) is 2.88. The Kier molecular flexibility index (Phi) is 7.64. The molecule has 0 amide bonds. The molecule has 8 heteroatoms. The van der Waals surface area contributed by atoms with Crippen molar-refractivity contribution in [1.29, 1.82) is 0 Å². The quantitative estimate of drug-likeness (QED) is 0.615. The van der Waals surface area contributed by atoms with Crippen LogP contribution < -0.4 is 14.8 Å². The summed E-state index contributed by atoms with van der Waals surface area (Å²) in [6.07, 6.45) is 5.33. The Labute approximate surface area is 153 Å². The van der Waals surface area contributed by atoms with Crippen molar-refractivity contribution in [3.05, 3.63) is 58.9 Å². The van der Waals surface area contributed by atoms with Crippen molar-refractivity contribution in [2.24, 2.45) is 0 Å². The number of pyridine rings is 1. The zero-order valence-electron chi connectivity index (χ0n) is 14.0. The van der Waals surface area contributed by atoms with Crippen molar-refractivity contribution in [2.45, 2.75) is 19.6 Å². The highest BCUT2D eigenvalue weighted by Crippen LogP contribution is 2.23. The monoisotopic (exact) mass is 383 g/mol. The van der Waals surface area contributed by atoms with E-state index < -0.39 is 10.0 Å². The summed E-state index contributed by atoms with van der Waals surface area (Å²) in [5.74, 6) is 0.759. The van der Waals surface area contributed by atoms with E-state index >= 15 is 0 Å². The highest BCUT2D eigenvalue weighted by atomic mass is 35.5. The maximum atomic E-state index is 11.0. The Bertz CT molecular complexity index is 770. The summed E-state index contributed by atoms with van der Waals surface area (Å²) in [6.45, 7) is 2.10. The largest absolute Gasteiger partial charge is 0.489 e. The number of nitrogens with one attached hydrogen (secondary N) is 2. The lowest BCUT2D eigenvalue weighted by atomic mass is 10.2. The average Bonchev–Trinajstić information content (AvgIpc) is 2.57. The number of benzene rings is 1. The standard InChI is InChI=1S/C17H22ClN3O3S/c1-25(22,23)21-9-3-8-20-12-15-10-16(18)5-6-17(15)24-13-14-4-2-7-19-11-14/h2,4-7,10-11,20-21H,3,8-9,12-13H2,1H3. The SMILES string of the molecule is CS(=O)(=O)NCCCNCc1cc(Cl)ccc1OCc1cccnc1. The van der Waals surface area contributed by atoms with Gasteiger partial charge in [-0.2, -0.15) is 0 Å². The van der Waals surface area contributed by atoms with Crippen LogP contribution in [0.25, 0.3) is 0 Å². The summed E-state index contributed by atoms with van der Waals surface area (Å²) < 4.78 is 30.3. The van der Waals surface area contributed by atoms with Gasteiger partial charge >= 0.3 is 0 Å². The lowest BCUT2D eigenvalue weighted by molar-refractivity contribution is 0.301. The Balaban J connectivity index is 1.83. The molecular formula is C17H22ClN3O3S. The van der Waals surface area contributed by atoms with Gasteiger partial charge in [0, 0.05) is 41.6 Å². The smallest absolute Gasteiger partial charge is 0.208 e. The summed E-state index contributed by atoms with van der Waals surface area (Å²) in [6, 6.07) is 9.33. The number of ether oxygens (including phenoxy) is 1. The number of hydrogen-bond acceptors (Lipinski definition) is 5. The Morgan fingerprint density at radius 1 is 1.24 bits per heavy atom. The molecule has 0 saturated carbocycles. The van der Waals surface area contributed by atoms with Crippen LogP contribution in [0.4, 0.5) is 0 Å².